The van der Waals surface area contributed by atoms with Crippen LogP contribution in [0.15, 0.2) is 57.3 Å². The summed E-state index contributed by atoms with van der Waals surface area (Å²) in [5.41, 5.74) is 1.74. The van der Waals surface area contributed by atoms with E-state index in [4.69, 9.17) is 11.6 Å². The minimum absolute atomic E-state index is 0.0247. The quantitative estimate of drug-likeness (QED) is 0.591. The maximum Gasteiger partial charge on any atom is 0.261 e. The van der Waals surface area contributed by atoms with Crippen LogP contribution in [0.3, 0.4) is 0 Å². The van der Waals surface area contributed by atoms with E-state index in [0.29, 0.717) is 17.0 Å². The zero-order valence-electron chi connectivity index (χ0n) is 13.5. The van der Waals surface area contributed by atoms with Gasteiger partial charge >= 0.3 is 0 Å². The third kappa shape index (κ3) is 3.63. The molecule has 0 aliphatic carbocycles. The van der Waals surface area contributed by atoms with Gasteiger partial charge in [0.2, 0.25) is 0 Å². The zero-order chi connectivity index (χ0) is 17.1. The normalized spacial score (nSPS) is 11.1. The fraction of sp³-hybridized carbons (Fsp3) is 0.222. The van der Waals surface area contributed by atoms with E-state index in [2.05, 4.69) is 11.9 Å². The highest BCUT2D eigenvalue weighted by atomic mass is 35.5. The minimum atomic E-state index is -0.0247. The molecule has 0 bridgehead atoms. The van der Waals surface area contributed by atoms with Gasteiger partial charge in [-0.1, -0.05) is 18.5 Å². The lowest BCUT2D eigenvalue weighted by molar-refractivity contribution is 0.738. The van der Waals surface area contributed by atoms with E-state index >= 15 is 0 Å². The molecule has 0 amide bonds. The van der Waals surface area contributed by atoms with Crippen LogP contribution >= 0.6 is 35.1 Å². The van der Waals surface area contributed by atoms with Crippen molar-refractivity contribution >= 4 is 46.0 Å². The summed E-state index contributed by atoms with van der Waals surface area (Å²) in [5.74, 6) is 0.969. The molecule has 6 heteroatoms. The summed E-state index contributed by atoms with van der Waals surface area (Å²) in [7, 11) is 0. The Bertz CT molecular complexity index is 940. The van der Waals surface area contributed by atoms with Crippen molar-refractivity contribution in [3.63, 3.8) is 0 Å². The SMILES string of the molecule is CCSc1ccc(Cl)cc1Cn1cnc2ccc(SC)cc2c1=O. The van der Waals surface area contributed by atoms with Crippen LogP contribution in [0.25, 0.3) is 10.9 Å². The molecule has 0 saturated heterocycles. The molecule has 24 heavy (non-hydrogen) atoms. The molecule has 0 aliphatic rings. The highest BCUT2D eigenvalue weighted by Crippen LogP contribution is 2.26. The molecule has 0 saturated carbocycles. The van der Waals surface area contributed by atoms with Crippen molar-refractivity contribution in [2.45, 2.75) is 23.3 Å². The molecule has 0 aliphatic heterocycles. The summed E-state index contributed by atoms with van der Waals surface area (Å²) in [6.45, 7) is 2.57. The number of hydrogen-bond donors (Lipinski definition) is 0. The number of thioether (sulfide) groups is 2. The standard InChI is InChI=1S/C18H17ClN2OS2/c1-3-24-17-7-4-13(19)8-12(17)10-21-11-20-16-6-5-14(23-2)9-15(16)18(21)22/h4-9,11H,3,10H2,1-2H3. The van der Waals surface area contributed by atoms with E-state index in [1.54, 1.807) is 34.4 Å². The predicted octanol–water partition coefficient (Wildman–Crippen LogP) is 4.93. The van der Waals surface area contributed by atoms with Gasteiger partial charge in [-0.15, -0.1) is 23.5 Å². The highest BCUT2D eigenvalue weighted by molar-refractivity contribution is 7.99. The average Bonchev–Trinajstić information content (AvgIpc) is 2.59. The summed E-state index contributed by atoms with van der Waals surface area (Å²) in [6.07, 6.45) is 3.61. The van der Waals surface area contributed by atoms with Crippen molar-refractivity contribution < 1.29 is 0 Å². The van der Waals surface area contributed by atoms with Crippen LogP contribution in [-0.2, 0) is 6.54 Å². The molecular weight excluding hydrogens is 360 g/mol. The number of nitrogens with zero attached hydrogens (tertiary/aromatic N) is 2. The van der Waals surface area contributed by atoms with Crippen molar-refractivity contribution in [1.82, 2.24) is 9.55 Å². The predicted molar refractivity (Wildman–Crippen MR) is 105 cm³/mol. The van der Waals surface area contributed by atoms with Crippen molar-refractivity contribution in [3.05, 3.63) is 63.7 Å². The topological polar surface area (TPSA) is 34.9 Å². The largest absolute Gasteiger partial charge is 0.294 e. The van der Waals surface area contributed by atoms with Gasteiger partial charge in [-0.3, -0.25) is 9.36 Å². The number of benzene rings is 2. The first-order chi connectivity index (χ1) is 11.6. The Morgan fingerprint density at radius 2 is 2.04 bits per heavy atom. The zero-order valence-corrected chi connectivity index (χ0v) is 15.8. The van der Waals surface area contributed by atoms with Crippen LogP contribution in [-0.4, -0.2) is 21.6 Å². The van der Waals surface area contributed by atoms with Gasteiger partial charge < -0.3 is 0 Å². The molecule has 2 aromatic carbocycles. The van der Waals surface area contributed by atoms with Crippen LogP contribution in [0.5, 0.6) is 0 Å². The van der Waals surface area contributed by atoms with Gasteiger partial charge in [0.25, 0.3) is 5.56 Å². The lowest BCUT2D eigenvalue weighted by atomic mass is 10.2. The van der Waals surface area contributed by atoms with Crippen molar-refractivity contribution in [2.24, 2.45) is 0 Å². The molecule has 0 spiro atoms. The number of aromatic nitrogens is 2. The number of rotatable bonds is 5. The van der Waals surface area contributed by atoms with Gasteiger partial charge in [-0.25, -0.2) is 4.98 Å². The van der Waals surface area contributed by atoms with Crippen molar-refractivity contribution in [2.75, 3.05) is 12.0 Å². The third-order valence-electron chi connectivity index (χ3n) is 3.69. The first kappa shape index (κ1) is 17.4. The van der Waals surface area contributed by atoms with Crippen LogP contribution in [0, 0.1) is 0 Å². The Morgan fingerprint density at radius 1 is 1.21 bits per heavy atom. The Balaban J connectivity index is 2.06. The first-order valence-corrected chi connectivity index (χ1v) is 10.2. The average molecular weight is 377 g/mol. The molecule has 1 heterocycles. The van der Waals surface area contributed by atoms with E-state index in [9.17, 15) is 4.79 Å². The Kier molecular flexibility index (Phi) is 5.54. The van der Waals surface area contributed by atoms with E-state index in [0.717, 1.165) is 26.6 Å². The number of fused-ring (bicyclic) bond motifs is 1. The van der Waals surface area contributed by atoms with Crippen molar-refractivity contribution in [3.8, 4) is 0 Å². The molecule has 0 unspecified atom stereocenters. The Morgan fingerprint density at radius 3 is 2.79 bits per heavy atom. The maximum absolute atomic E-state index is 12.8. The fourth-order valence-corrected chi connectivity index (χ4v) is 3.95. The van der Waals surface area contributed by atoms with E-state index < -0.39 is 0 Å². The molecule has 3 aromatic rings. The monoisotopic (exact) mass is 376 g/mol. The maximum atomic E-state index is 12.8. The Hall–Kier alpha value is -1.43. The molecule has 0 atom stereocenters. The lowest BCUT2D eigenvalue weighted by Gasteiger charge is -2.11. The van der Waals surface area contributed by atoms with Crippen LogP contribution < -0.4 is 5.56 Å². The number of halogens is 1. The smallest absolute Gasteiger partial charge is 0.261 e. The first-order valence-electron chi connectivity index (χ1n) is 7.56. The Labute approximate surface area is 154 Å². The van der Waals surface area contributed by atoms with Gasteiger partial charge in [0.1, 0.15) is 0 Å². The third-order valence-corrected chi connectivity index (χ3v) is 5.65. The molecule has 3 nitrogen and oxygen atoms in total. The fourth-order valence-electron chi connectivity index (χ4n) is 2.53. The van der Waals surface area contributed by atoms with E-state index in [1.165, 1.54) is 0 Å². The lowest BCUT2D eigenvalue weighted by Crippen LogP contribution is -2.21. The summed E-state index contributed by atoms with van der Waals surface area (Å²) in [4.78, 5) is 19.5. The second-order valence-corrected chi connectivity index (χ2v) is 7.87. The summed E-state index contributed by atoms with van der Waals surface area (Å²) < 4.78 is 1.65. The summed E-state index contributed by atoms with van der Waals surface area (Å²) in [5, 5.41) is 1.33. The minimum Gasteiger partial charge on any atom is -0.294 e. The van der Waals surface area contributed by atoms with E-state index in [-0.39, 0.29) is 5.56 Å². The van der Waals surface area contributed by atoms with Crippen LogP contribution in [0.4, 0.5) is 0 Å². The highest BCUT2D eigenvalue weighted by Gasteiger charge is 2.09. The van der Waals surface area contributed by atoms with Gasteiger partial charge in [0, 0.05) is 14.8 Å². The van der Waals surface area contributed by atoms with Crippen LogP contribution in [0.1, 0.15) is 12.5 Å². The summed E-state index contributed by atoms with van der Waals surface area (Å²) in [6, 6.07) is 11.6. The molecule has 0 radical (unpaired) electrons. The molecule has 0 fully saturated rings. The molecular formula is C18H17ClN2OS2. The molecule has 0 N–H and O–H groups in total. The van der Waals surface area contributed by atoms with Gasteiger partial charge in [0.15, 0.2) is 0 Å². The van der Waals surface area contributed by atoms with Crippen molar-refractivity contribution in [1.29, 1.82) is 0 Å². The number of hydrogen-bond acceptors (Lipinski definition) is 4. The van der Waals surface area contributed by atoms with E-state index in [1.807, 2.05) is 42.7 Å². The summed E-state index contributed by atoms with van der Waals surface area (Å²) >= 11 is 9.51. The second-order valence-electron chi connectivity index (χ2n) is 5.25. The molecule has 124 valence electrons. The van der Waals surface area contributed by atoms with Gasteiger partial charge in [-0.2, -0.15) is 0 Å². The molecule has 3 rings (SSSR count). The van der Waals surface area contributed by atoms with Gasteiger partial charge in [-0.05, 0) is 54.0 Å². The van der Waals surface area contributed by atoms with Gasteiger partial charge in [0.05, 0.1) is 23.8 Å². The molecule has 1 aromatic heterocycles. The second kappa shape index (κ2) is 7.64. The van der Waals surface area contributed by atoms with Crippen LogP contribution in [0.2, 0.25) is 5.02 Å².